The molecular weight excluding hydrogens is 520 g/mol. The van der Waals surface area contributed by atoms with E-state index in [1.807, 2.05) is 5.32 Å². The Balaban J connectivity index is 1.91. The SMILES string of the molecule is Cc1ccc(C(=O)C[C@](NC(=O)Cc2nn[nH]n2)(c2ccc(OCCCC(F)(F)F)cc2)C(F)(F)F)cc1. The number of Topliss-reactive ketones (excluding diaryl/α,β-unsaturated/α-hetero) is 1. The molecule has 2 aromatic carbocycles. The molecule has 8 nitrogen and oxygen atoms in total. The zero-order valence-electron chi connectivity index (χ0n) is 20.0. The first-order valence-electron chi connectivity index (χ1n) is 11.3. The molecule has 1 aromatic heterocycles. The van der Waals surface area contributed by atoms with Crippen LogP contribution in [-0.4, -0.2) is 51.3 Å². The standard InChI is InChI=1S/C24H23F6N5O3/c1-15-3-5-16(6-4-15)19(36)14-22(24(28,29)30,31-21(37)13-20-32-34-35-33-20)17-7-9-18(10-8-17)38-12-2-11-23(25,26)27/h3-10H,2,11-14H2,1H3,(H,31,37)(H,32,33,34,35)/t22-/m0/s1. The van der Waals surface area contributed by atoms with Crippen LogP contribution in [0, 0.1) is 6.92 Å². The van der Waals surface area contributed by atoms with Gasteiger partial charge < -0.3 is 10.1 Å². The maximum absolute atomic E-state index is 14.7. The Bertz CT molecular complexity index is 1210. The molecule has 0 spiro atoms. The van der Waals surface area contributed by atoms with Gasteiger partial charge in [0.05, 0.1) is 13.0 Å². The first kappa shape index (κ1) is 28.6. The van der Waals surface area contributed by atoms with E-state index in [1.54, 1.807) is 19.1 Å². The summed E-state index contributed by atoms with van der Waals surface area (Å²) >= 11 is 0. The Morgan fingerprint density at radius 3 is 2.18 bits per heavy atom. The van der Waals surface area contributed by atoms with Gasteiger partial charge in [0.25, 0.3) is 0 Å². The number of benzene rings is 2. The maximum atomic E-state index is 14.7. The van der Waals surface area contributed by atoms with Crippen LogP contribution in [-0.2, 0) is 16.8 Å². The number of aromatic nitrogens is 4. The van der Waals surface area contributed by atoms with Crippen LogP contribution in [0.1, 0.15) is 46.6 Å². The highest BCUT2D eigenvalue weighted by molar-refractivity contribution is 5.97. The molecule has 3 rings (SSSR count). The van der Waals surface area contributed by atoms with Crippen molar-refractivity contribution in [3.8, 4) is 5.75 Å². The fraction of sp³-hybridized carbons (Fsp3) is 0.375. The Hall–Kier alpha value is -3.97. The molecule has 204 valence electrons. The highest BCUT2D eigenvalue weighted by Crippen LogP contribution is 2.43. The third-order valence-corrected chi connectivity index (χ3v) is 5.56. The van der Waals surface area contributed by atoms with Gasteiger partial charge in [-0.3, -0.25) is 9.59 Å². The molecule has 38 heavy (non-hydrogen) atoms. The number of amides is 1. The molecule has 1 heterocycles. The van der Waals surface area contributed by atoms with Crippen molar-refractivity contribution in [2.45, 2.75) is 50.5 Å². The normalized spacial score (nSPS) is 13.6. The monoisotopic (exact) mass is 543 g/mol. The largest absolute Gasteiger partial charge is 0.494 e. The molecule has 0 aliphatic carbocycles. The summed E-state index contributed by atoms with van der Waals surface area (Å²) in [6, 6.07) is 10.2. The molecule has 0 fully saturated rings. The molecule has 1 amide bonds. The predicted molar refractivity (Wildman–Crippen MR) is 121 cm³/mol. The van der Waals surface area contributed by atoms with Crippen molar-refractivity contribution in [2.24, 2.45) is 0 Å². The first-order chi connectivity index (χ1) is 17.8. The number of hydrogen-bond donors (Lipinski definition) is 2. The van der Waals surface area contributed by atoms with Gasteiger partial charge in [-0.25, -0.2) is 0 Å². The minimum atomic E-state index is -5.14. The van der Waals surface area contributed by atoms with Crippen LogP contribution < -0.4 is 10.1 Å². The third kappa shape index (κ3) is 7.52. The summed E-state index contributed by atoms with van der Waals surface area (Å²) in [4.78, 5) is 25.7. The maximum Gasteiger partial charge on any atom is 0.416 e. The highest BCUT2D eigenvalue weighted by atomic mass is 19.4. The van der Waals surface area contributed by atoms with Gasteiger partial charge in [-0.05, 0) is 31.0 Å². The smallest absolute Gasteiger partial charge is 0.416 e. The van der Waals surface area contributed by atoms with Crippen molar-refractivity contribution >= 4 is 11.7 Å². The number of aryl methyl sites for hydroxylation is 1. The van der Waals surface area contributed by atoms with Crippen molar-refractivity contribution in [3.63, 3.8) is 0 Å². The van der Waals surface area contributed by atoms with Gasteiger partial charge in [0.15, 0.2) is 17.1 Å². The summed E-state index contributed by atoms with van der Waals surface area (Å²) in [5, 5.41) is 14.4. The first-order valence-corrected chi connectivity index (χ1v) is 11.3. The number of tetrazole rings is 1. The molecule has 0 radical (unpaired) electrons. The van der Waals surface area contributed by atoms with Crippen molar-refractivity contribution in [2.75, 3.05) is 6.61 Å². The van der Waals surface area contributed by atoms with Crippen molar-refractivity contribution in [1.29, 1.82) is 0 Å². The second kappa shape index (κ2) is 11.6. The molecule has 3 aromatic rings. The van der Waals surface area contributed by atoms with Crippen LogP contribution in [0.4, 0.5) is 26.3 Å². The quantitative estimate of drug-likeness (QED) is 0.208. The Labute approximate surface area is 212 Å². The minimum Gasteiger partial charge on any atom is -0.494 e. The number of H-pyrrole nitrogens is 1. The second-order valence-electron chi connectivity index (χ2n) is 8.51. The fourth-order valence-corrected chi connectivity index (χ4v) is 3.62. The lowest BCUT2D eigenvalue weighted by atomic mass is 9.82. The number of ether oxygens (including phenoxy) is 1. The summed E-state index contributed by atoms with van der Waals surface area (Å²) in [7, 11) is 0. The van der Waals surface area contributed by atoms with Crippen molar-refractivity contribution < 1.29 is 40.7 Å². The average molecular weight is 543 g/mol. The number of hydrogen-bond acceptors (Lipinski definition) is 6. The van der Waals surface area contributed by atoms with Gasteiger partial charge in [-0.15, -0.1) is 10.2 Å². The summed E-state index contributed by atoms with van der Waals surface area (Å²) in [6.07, 6.45) is -12.7. The topological polar surface area (TPSA) is 110 Å². The van der Waals surface area contributed by atoms with Gasteiger partial charge in [0.1, 0.15) is 5.75 Å². The number of carbonyl (C=O) groups is 2. The molecule has 0 unspecified atom stereocenters. The van der Waals surface area contributed by atoms with E-state index in [-0.39, 0.29) is 30.2 Å². The van der Waals surface area contributed by atoms with E-state index in [1.165, 1.54) is 12.1 Å². The van der Waals surface area contributed by atoms with Gasteiger partial charge in [-0.1, -0.05) is 47.2 Å². The van der Waals surface area contributed by atoms with E-state index in [4.69, 9.17) is 4.74 Å². The Morgan fingerprint density at radius 1 is 0.974 bits per heavy atom. The van der Waals surface area contributed by atoms with Gasteiger partial charge >= 0.3 is 12.4 Å². The number of ketones is 1. The van der Waals surface area contributed by atoms with E-state index in [0.29, 0.717) is 0 Å². The van der Waals surface area contributed by atoms with E-state index in [2.05, 4.69) is 20.6 Å². The van der Waals surface area contributed by atoms with Crippen molar-refractivity contribution in [3.05, 3.63) is 71.0 Å². The molecule has 1 atom stereocenters. The second-order valence-corrected chi connectivity index (χ2v) is 8.51. The van der Waals surface area contributed by atoms with Crippen LogP contribution in [0.15, 0.2) is 48.5 Å². The zero-order valence-corrected chi connectivity index (χ0v) is 20.0. The van der Waals surface area contributed by atoms with Gasteiger partial charge in [-0.2, -0.15) is 31.6 Å². The number of nitrogens with zero attached hydrogens (tertiary/aromatic N) is 3. The highest BCUT2D eigenvalue weighted by Gasteiger charge is 2.58. The summed E-state index contributed by atoms with van der Waals surface area (Å²) in [5.41, 5.74) is -2.82. The predicted octanol–water partition coefficient (Wildman–Crippen LogP) is 4.62. The molecule has 0 aliphatic rings. The summed E-state index contributed by atoms with van der Waals surface area (Å²) in [5.74, 6) is -2.14. The van der Waals surface area contributed by atoms with E-state index in [9.17, 15) is 35.9 Å². The molecular formula is C24H23F6N5O3. The van der Waals surface area contributed by atoms with Crippen LogP contribution in [0.25, 0.3) is 0 Å². The van der Waals surface area contributed by atoms with Gasteiger partial charge in [0.2, 0.25) is 5.91 Å². The number of carbonyl (C=O) groups excluding carboxylic acids is 2. The number of halogens is 6. The number of alkyl halides is 6. The lowest BCUT2D eigenvalue weighted by Gasteiger charge is -2.36. The molecule has 0 bridgehead atoms. The van der Waals surface area contributed by atoms with Crippen LogP contribution in [0.2, 0.25) is 0 Å². The Morgan fingerprint density at radius 2 is 1.63 bits per heavy atom. The number of nitrogens with one attached hydrogen (secondary N) is 2. The molecule has 0 saturated heterocycles. The van der Waals surface area contributed by atoms with E-state index >= 15 is 0 Å². The Kier molecular flexibility index (Phi) is 8.74. The molecule has 2 N–H and O–H groups in total. The zero-order chi connectivity index (χ0) is 28.0. The average Bonchev–Trinajstić information content (AvgIpc) is 3.33. The summed E-state index contributed by atoms with van der Waals surface area (Å²) in [6.45, 7) is 1.44. The lowest BCUT2D eigenvalue weighted by molar-refractivity contribution is -0.201. The van der Waals surface area contributed by atoms with Crippen molar-refractivity contribution in [1.82, 2.24) is 25.9 Å². The number of aromatic amines is 1. The molecule has 0 saturated carbocycles. The lowest BCUT2D eigenvalue weighted by Crippen LogP contribution is -2.57. The molecule has 0 aliphatic heterocycles. The van der Waals surface area contributed by atoms with Crippen LogP contribution in [0.3, 0.4) is 0 Å². The fourth-order valence-electron chi connectivity index (χ4n) is 3.62. The van der Waals surface area contributed by atoms with Crippen LogP contribution >= 0.6 is 0 Å². The number of rotatable bonds is 11. The minimum absolute atomic E-state index is 0.0151. The van der Waals surface area contributed by atoms with E-state index in [0.717, 1.165) is 29.8 Å². The van der Waals surface area contributed by atoms with Crippen LogP contribution in [0.5, 0.6) is 5.75 Å². The third-order valence-electron chi connectivity index (χ3n) is 5.56. The van der Waals surface area contributed by atoms with E-state index < -0.39 is 54.4 Å². The summed E-state index contributed by atoms with van der Waals surface area (Å²) < 4.78 is 86.4. The van der Waals surface area contributed by atoms with Gasteiger partial charge in [0, 0.05) is 18.4 Å². The molecule has 14 heteroatoms.